The average Bonchev–Trinajstić information content (AvgIpc) is 3.40. The molecule has 0 unspecified atom stereocenters. The lowest BCUT2D eigenvalue weighted by Gasteiger charge is -2.10. The van der Waals surface area contributed by atoms with Crippen molar-refractivity contribution in [2.75, 3.05) is 13.7 Å². The molecule has 4 aromatic rings. The van der Waals surface area contributed by atoms with Gasteiger partial charge in [0.25, 0.3) is 5.56 Å². The first kappa shape index (κ1) is 25.8. The number of unbranched alkanes of at least 4 members (excludes halogenated alkanes) is 3. The minimum absolute atomic E-state index is 0.264. The molecule has 8 nitrogen and oxygen atoms in total. The van der Waals surface area contributed by atoms with Crippen molar-refractivity contribution in [3.8, 4) is 28.6 Å². The van der Waals surface area contributed by atoms with E-state index in [1.807, 2.05) is 24.3 Å². The van der Waals surface area contributed by atoms with Gasteiger partial charge in [-0.25, -0.2) is 0 Å². The Bertz CT molecular complexity index is 1480. The Morgan fingerprint density at radius 1 is 1.17 bits per heavy atom. The smallest absolute Gasteiger partial charge is 0.308 e. The summed E-state index contributed by atoms with van der Waals surface area (Å²) in [5.41, 5.74) is 1.24. The van der Waals surface area contributed by atoms with Crippen LogP contribution in [0.3, 0.4) is 0 Å². The molecule has 0 bridgehead atoms. The van der Waals surface area contributed by atoms with Gasteiger partial charge in [0, 0.05) is 12.5 Å². The number of thiazole rings is 1. The van der Waals surface area contributed by atoms with Crippen LogP contribution in [0, 0.1) is 0 Å². The molecule has 36 heavy (non-hydrogen) atoms. The van der Waals surface area contributed by atoms with E-state index < -0.39 is 5.97 Å². The third kappa shape index (κ3) is 5.93. The summed E-state index contributed by atoms with van der Waals surface area (Å²) < 4.78 is 18.7. The first-order valence-corrected chi connectivity index (χ1v) is 13.2. The molecule has 0 N–H and O–H groups in total. The average molecular weight is 572 g/mol. The Morgan fingerprint density at radius 3 is 2.61 bits per heavy atom. The Kier molecular flexibility index (Phi) is 8.37. The number of carbonyl (C=O) groups excluding carboxylic acids is 1. The zero-order chi connectivity index (χ0) is 25.7. The zero-order valence-corrected chi connectivity index (χ0v) is 22.6. The molecule has 0 aliphatic carbocycles. The molecule has 4 rings (SSSR count). The molecule has 0 aliphatic heterocycles. The largest absolute Gasteiger partial charge is 0.494 e. The van der Waals surface area contributed by atoms with E-state index in [1.54, 1.807) is 18.2 Å². The predicted octanol–water partition coefficient (Wildman–Crippen LogP) is 5.02. The molecule has 10 heteroatoms. The summed E-state index contributed by atoms with van der Waals surface area (Å²) in [6, 6.07) is 11.0. The van der Waals surface area contributed by atoms with Crippen molar-refractivity contribution in [3.63, 3.8) is 0 Å². The van der Waals surface area contributed by atoms with Crippen molar-refractivity contribution in [3.05, 3.63) is 61.3 Å². The second-order valence-corrected chi connectivity index (χ2v) is 9.97. The molecule has 2 heterocycles. The van der Waals surface area contributed by atoms with Crippen LogP contribution in [0.4, 0.5) is 0 Å². The van der Waals surface area contributed by atoms with E-state index in [0.717, 1.165) is 17.7 Å². The molecule has 188 valence electrons. The normalized spacial score (nSPS) is 11.7. The number of esters is 1. The molecule has 0 radical (unpaired) electrons. The lowest BCUT2D eigenvalue weighted by molar-refractivity contribution is -0.132. The summed E-state index contributed by atoms with van der Waals surface area (Å²) in [6.45, 7) is 4.20. The lowest BCUT2D eigenvalue weighted by Crippen LogP contribution is -2.23. The van der Waals surface area contributed by atoms with Crippen LogP contribution in [0.1, 0.15) is 45.1 Å². The Balaban J connectivity index is 1.55. The van der Waals surface area contributed by atoms with E-state index in [0.29, 0.717) is 37.7 Å². The summed E-state index contributed by atoms with van der Waals surface area (Å²) >= 11 is 4.64. The van der Waals surface area contributed by atoms with Gasteiger partial charge < -0.3 is 14.2 Å². The maximum absolute atomic E-state index is 13.0. The number of rotatable bonds is 10. The van der Waals surface area contributed by atoms with Crippen LogP contribution in [-0.4, -0.2) is 34.3 Å². The quantitative estimate of drug-likeness (QED) is 0.150. The van der Waals surface area contributed by atoms with Crippen molar-refractivity contribution in [2.24, 2.45) is 0 Å². The van der Waals surface area contributed by atoms with E-state index in [-0.39, 0.29) is 11.3 Å². The second-order valence-electron chi connectivity index (χ2n) is 8.11. The third-order valence-corrected chi connectivity index (χ3v) is 6.90. The summed E-state index contributed by atoms with van der Waals surface area (Å²) in [7, 11) is 1.48. The van der Waals surface area contributed by atoms with Crippen LogP contribution in [0.25, 0.3) is 22.4 Å². The van der Waals surface area contributed by atoms with E-state index in [1.165, 1.54) is 49.1 Å². The van der Waals surface area contributed by atoms with E-state index in [9.17, 15) is 9.59 Å². The maximum Gasteiger partial charge on any atom is 0.308 e. The molecule has 0 atom stereocenters. The number of fused-ring (bicyclic) bond motifs is 1. The molecule has 2 aromatic heterocycles. The minimum Gasteiger partial charge on any atom is -0.494 e. The number of ether oxygens (including phenoxy) is 3. The van der Waals surface area contributed by atoms with Crippen molar-refractivity contribution in [1.82, 2.24) is 14.6 Å². The fourth-order valence-electron chi connectivity index (χ4n) is 3.59. The highest BCUT2D eigenvalue weighted by atomic mass is 79.9. The van der Waals surface area contributed by atoms with Gasteiger partial charge in [0.15, 0.2) is 17.3 Å². The maximum atomic E-state index is 13.0. The predicted molar refractivity (Wildman–Crippen MR) is 143 cm³/mol. The molecule has 0 spiro atoms. The van der Waals surface area contributed by atoms with Crippen LogP contribution >= 0.6 is 27.3 Å². The highest BCUT2D eigenvalue weighted by Crippen LogP contribution is 2.37. The third-order valence-electron chi connectivity index (χ3n) is 5.36. The number of benzene rings is 2. The van der Waals surface area contributed by atoms with Gasteiger partial charge in [0.2, 0.25) is 4.96 Å². The molecule has 0 saturated carbocycles. The molecule has 0 aliphatic rings. The molecule has 0 amide bonds. The highest BCUT2D eigenvalue weighted by Gasteiger charge is 2.15. The number of carbonyl (C=O) groups is 1. The van der Waals surface area contributed by atoms with Gasteiger partial charge >= 0.3 is 5.97 Å². The number of aromatic nitrogens is 3. The second kappa shape index (κ2) is 11.7. The molecule has 0 fully saturated rings. The van der Waals surface area contributed by atoms with Crippen molar-refractivity contribution in [2.45, 2.75) is 39.5 Å². The number of hydrogen-bond donors (Lipinski definition) is 0. The fourth-order valence-corrected chi connectivity index (χ4v) is 5.04. The van der Waals surface area contributed by atoms with Gasteiger partial charge in [-0.3, -0.25) is 9.59 Å². The van der Waals surface area contributed by atoms with Crippen LogP contribution in [-0.2, 0) is 4.79 Å². The highest BCUT2D eigenvalue weighted by molar-refractivity contribution is 9.10. The first-order chi connectivity index (χ1) is 17.4. The van der Waals surface area contributed by atoms with Crippen LogP contribution < -0.4 is 24.3 Å². The first-order valence-electron chi connectivity index (χ1n) is 11.6. The molecule has 2 aromatic carbocycles. The number of halogens is 1. The lowest BCUT2D eigenvalue weighted by atomic mass is 10.2. The van der Waals surface area contributed by atoms with Gasteiger partial charge in [-0.2, -0.15) is 9.50 Å². The Hall–Kier alpha value is -3.24. The van der Waals surface area contributed by atoms with E-state index >= 15 is 0 Å². The van der Waals surface area contributed by atoms with Crippen molar-refractivity contribution < 1.29 is 19.0 Å². The van der Waals surface area contributed by atoms with Crippen LogP contribution in [0.5, 0.6) is 17.2 Å². The topological polar surface area (TPSA) is 92.0 Å². The van der Waals surface area contributed by atoms with Gasteiger partial charge in [-0.05, 0) is 70.4 Å². The van der Waals surface area contributed by atoms with E-state index in [4.69, 9.17) is 14.2 Å². The number of nitrogens with zero attached hydrogens (tertiary/aromatic N) is 3. The van der Waals surface area contributed by atoms with Crippen LogP contribution in [0.15, 0.2) is 45.7 Å². The van der Waals surface area contributed by atoms with E-state index in [2.05, 4.69) is 32.9 Å². The zero-order valence-electron chi connectivity index (χ0n) is 20.2. The summed E-state index contributed by atoms with van der Waals surface area (Å²) in [5, 5.41) is 4.42. The number of hydrogen-bond acceptors (Lipinski definition) is 8. The monoisotopic (exact) mass is 571 g/mol. The van der Waals surface area contributed by atoms with Crippen LogP contribution in [0.2, 0.25) is 0 Å². The standard InChI is InChI=1S/C26H26BrN3O5S/c1-4-5-6-7-12-34-19-10-8-18(9-11-19)24-28-26-30(29-24)25(32)22(36-26)15-17-13-20(27)23(35-16(2)31)21(14-17)33-3/h8-11,13-15H,4-7,12H2,1-3H3/b22-15+. The van der Waals surface area contributed by atoms with Gasteiger partial charge in [0.05, 0.1) is 22.7 Å². The summed E-state index contributed by atoms with van der Waals surface area (Å²) in [4.78, 5) is 29.4. The van der Waals surface area contributed by atoms with Gasteiger partial charge in [0.1, 0.15) is 5.75 Å². The Labute approximate surface area is 220 Å². The molecular formula is C26H26BrN3O5S. The van der Waals surface area contributed by atoms with Gasteiger partial charge in [-0.1, -0.05) is 37.5 Å². The summed E-state index contributed by atoms with van der Waals surface area (Å²) in [5.74, 6) is 1.48. The summed E-state index contributed by atoms with van der Waals surface area (Å²) in [6.07, 6.45) is 6.36. The Morgan fingerprint density at radius 2 is 1.94 bits per heavy atom. The van der Waals surface area contributed by atoms with Crippen molar-refractivity contribution in [1.29, 1.82) is 0 Å². The minimum atomic E-state index is -0.460. The van der Waals surface area contributed by atoms with Crippen molar-refractivity contribution >= 4 is 44.3 Å². The number of methoxy groups -OCH3 is 1. The SMILES string of the molecule is CCCCCCOc1ccc(-c2nc3s/c(=C/c4cc(Br)c(OC(C)=O)c(OC)c4)c(=O)n3n2)cc1. The molecule has 0 saturated heterocycles. The fraction of sp³-hybridized carbons (Fsp3) is 0.308. The van der Waals surface area contributed by atoms with Gasteiger partial charge in [-0.15, -0.1) is 5.10 Å². The molecular weight excluding hydrogens is 546 g/mol.